The summed E-state index contributed by atoms with van der Waals surface area (Å²) in [5, 5.41) is 0. The summed E-state index contributed by atoms with van der Waals surface area (Å²) in [6, 6.07) is 1.65. The maximum Gasteiger partial charge on any atom is 0.244 e. The fourth-order valence-electron chi connectivity index (χ4n) is 2.24. The molecule has 1 heterocycles. The number of hydrogen-bond donors (Lipinski definition) is 0. The maximum absolute atomic E-state index is 12.7. The normalized spacial score (nSPS) is 12.6. The van der Waals surface area contributed by atoms with E-state index < -0.39 is 10.0 Å². The lowest BCUT2D eigenvalue weighted by Gasteiger charge is -2.24. The number of alkyl halides is 1. The zero-order valence-corrected chi connectivity index (χ0v) is 14.3. The van der Waals surface area contributed by atoms with Crippen LogP contribution in [0, 0.1) is 0 Å². The Kier molecular flexibility index (Phi) is 6.55. The highest BCUT2D eigenvalue weighted by molar-refractivity contribution is 7.89. The number of halogens is 1. The minimum Gasteiger partial charge on any atom is -0.349 e. The highest BCUT2D eigenvalue weighted by atomic mass is 35.5. The molecule has 1 aromatic rings. The molecule has 0 spiro atoms. The van der Waals surface area contributed by atoms with Crippen LogP contribution in [0.3, 0.4) is 0 Å². The molecular formula is C14H25ClN2O2S. The first-order valence-electron chi connectivity index (χ1n) is 7.15. The van der Waals surface area contributed by atoms with E-state index in [1.807, 2.05) is 25.3 Å². The van der Waals surface area contributed by atoms with Gasteiger partial charge in [-0.05, 0) is 32.8 Å². The van der Waals surface area contributed by atoms with Gasteiger partial charge in [-0.25, -0.2) is 8.42 Å². The van der Waals surface area contributed by atoms with E-state index in [2.05, 4.69) is 6.92 Å². The summed E-state index contributed by atoms with van der Waals surface area (Å²) < 4.78 is 28.9. The summed E-state index contributed by atoms with van der Waals surface area (Å²) in [7, 11) is -3.44. The Morgan fingerprint density at radius 3 is 2.40 bits per heavy atom. The molecule has 0 fully saturated rings. The fraction of sp³-hybridized carbons (Fsp3) is 0.714. The highest BCUT2D eigenvalue weighted by Crippen LogP contribution is 2.22. The molecule has 0 N–H and O–H groups in total. The van der Waals surface area contributed by atoms with Crippen molar-refractivity contribution >= 4 is 21.6 Å². The largest absolute Gasteiger partial charge is 0.349 e. The van der Waals surface area contributed by atoms with Crippen molar-refractivity contribution in [2.75, 3.05) is 6.54 Å². The Balaban J connectivity index is 3.20. The topological polar surface area (TPSA) is 42.3 Å². The Hall–Kier alpha value is -0.520. The number of rotatable bonds is 8. The van der Waals surface area contributed by atoms with Gasteiger partial charge in [-0.1, -0.05) is 13.8 Å². The lowest BCUT2D eigenvalue weighted by atomic mass is 10.4. The summed E-state index contributed by atoms with van der Waals surface area (Å²) in [6.45, 7) is 9.17. The van der Waals surface area contributed by atoms with Crippen molar-refractivity contribution in [1.29, 1.82) is 0 Å². The van der Waals surface area contributed by atoms with Crippen molar-refractivity contribution in [3.8, 4) is 0 Å². The number of aryl methyl sites for hydroxylation is 1. The van der Waals surface area contributed by atoms with Crippen molar-refractivity contribution in [3.05, 3.63) is 18.0 Å². The zero-order chi connectivity index (χ0) is 15.3. The smallest absolute Gasteiger partial charge is 0.244 e. The molecule has 20 heavy (non-hydrogen) atoms. The minimum atomic E-state index is -3.44. The second kappa shape index (κ2) is 7.48. The molecule has 0 aliphatic rings. The Labute approximate surface area is 127 Å². The number of aromatic nitrogens is 1. The Morgan fingerprint density at radius 2 is 1.95 bits per heavy atom. The first-order valence-corrected chi connectivity index (χ1v) is 9.12. The van der Waals surface area contributed by atoms with E-state index in [1.54, 1.807) is 16.6 Å². The summed E-state index contributed by atoms with van der Waals surface area (Å²) in [4.78, 5) is 0.351. The second-order valence-corrected chi connectivity index (χ2v) is 7.36. The first-order chi connectivity index (χ1) is 9.38. The van der Waals surface area contributed by atoms with Crippen LogP contribution in [0.2, 0.25) is 0 Å². The molecule has 0 bridgehead atoms. The Morgan fingerprint density at radius 1 is 1.30 bits per heavy atom. The highest BCUT2D eigenvalue weighted by Gasteiger charge is 2.27. The van der Waals surface area contributed by atoms with Crippen molar-refractivity contribution in [2.24, 2.45) is 0 Å². The maximum atomic E-state index is 12.7. The summed E-state index contributed by atoms with van der Waals surface area (Å²) in [6.07, 6.45) is 3.46. The molecule has 0 unspecified atom stereocenters. The monoisotopic (exact) mass is 320 g/mol. The van der Waals surface area contributed by atoms with Crippen molar-refractivity contribution in [3.63, 3.8) is 0 Å². The van der Waals surface area contributed by atoms with Crippen molar-refractivity contribution in [1.82, 2.24) is 8.87 Å². The molecule has 6 heteroatoms. The van der Waals surface area contributed by atoms with Gasteiger partial charge >= 0.3 is 0 Å². The number of sulfonamides is 1. The van der Waals surface area contributed by atoms with E-state index in [9.17, 15) is 8.42 Å². The van der Waals surface area contributed by atoms with Crippen LogP contribution in [0.25, 0.3) is 0 Å². The van der Waals surface area contributed by atoms with Gasteiger partial charge in [0.25, 0.3) is 0 Å². The average Bonchev–Trinajstić information content (AvgIpc) is 2.79. The molecule has 1 aromatic heterocycles. The van der Waals surface area contributed by atoms with Gasteiger partial charge in [-0.3, -0.25) is 0 Å². The zero-order valence-electron chi connectivity index (χ0n) is 12.8. The minimum absolute atomic E-state index is 0.0473. The van der Waals surface area contributed by atoms with E-state index in [0.717, 1.165) is 25.1 Å². The third-order valence-corrected chi connectivity index (χ3v) is 5.50. The van der Waals surface area contributed by atoms with Crippen LogP contribution in [0.1, 0.15) is 46.2 Å². The molecule has 0 aromatic carbocycles. The van der Waals surface area contributed by atoms with E-state index in [4.69, 9.17) is 11.6 Å². The number of hydrogen-bond acceptors (Lipinski definition) is 2. The van der Waals surface area contributed by atoms with E-state index in [0.29, 0.717) is 17.3 Å². The van der Waals surface area contributed by atoms with Crippen LogP contribution in [0.4, 0.5) is 0 Å². The molecule has 1 rings (SSSR count). The molecule has 0 radical (unpaired) electrons. The van der Waals surface area contributed by atoms with E-state index in [-0.39, 0.29) is 6.04 Å². The van der Waals surface area contributed by atoms with Gasteiger partial charge in [0, 0.05) is 31.0 Å². The molecular weight excluding hydrogens is 296 g/mol. The molecule has 0 aliphatic heterocycles. The van der Waals surface area contributed by atoms with Crippen LogP contribution >= 0.6 is 11.6 Å². The summed E-state index contributed by atoms with van der Waals surface area (Å²) in [5.74, 6) is 0.324. The fourth-order valence-corrected chi connectivity index (χ4v) is 4.26. The third-order valence-electron chi connectivity index (χ3n) is 3.19. The number of nitrogens with zero attached hydrogens (tertiary/aromatic N) is 2. The molecule has 0 saturated carbocycles. The first kappa shape index (κ1) is 17.5. The lowest BCUT2D eigenvalue weighted by molar-refractivity contribution is 0.354. The van der Waals surface area contributed by atoms with Gasteiger partial charge in [0.05, 0.1) is 5.88 Å². The molecule has 4 nitrogen and oxygen atoms in total. The second-order valence-electron chi connectivity index (χ2n) is 5.20. The molecule has 0 atom stereocenters. The Bertz CT molecular complexity index is 523. The predicted octanol–water partition coefficient (Wildman–Crippen LogP) is 3.45. The third kappa shape index (κ3) is 3.77. The van der Waals surface area contributed by atoms with Crippen LogP contribution in [-0.4, -0.2) is 29.9 Å². The SMILES string of the molecule is CCCN(C(C)C)S(=O)(=O)c1cc(CCl)n(CCC)c1. The van der Waals surface area contributed by atoms with Crippen molar-refractivity contribution < 1.29 is 8.42 Å². The van der Waals surface area contributed by atoms with Crippen LogP contribution in [-0.2, 0) is 22.4 Å². The lowest BCUT2D eigenvalue weighted by Crippen LogP contribution is -2.37. The molecule has 116 valence electrons. The summed E-state index contributed by atoms with van der Waals surface area (Å²) >= 11 is 5.91. The average molecular weight is 321 g/mol. The van der Waals surface area contributed by atoms with E-state index >= 15 is 0 Å². The van der Waals surface area contributed by atoms with Gasteiger partial charge in [-0.2, -0.15) is 4.31 Å². The van der Waals surface area contributed by atoms with Crippen LogP contribution in [0.5, 0.6) is 0 Å². The molecule has 0 amide bonds. The van der Waals surface area contributed by atoms with Gasteiger partial charge in [0.1, 0.15) is 4.90 Å². The summed E-state index contributed by atoms with van der Waals surface area (Å²) in [5.41, 5.74) is 0.854. The van der Waals surface area contributed by atoms with Gasteiger partial charge < -0.3 is 4.57 Å². The van der Waals surface area contributed by atoms with Crippen molar-refractivity contribution in [2.45, 2.75) is 63.9 Å². The van der Waals surface area contributed by atoms with E-state index in [1.165, 1.54) is 0 Å². The quantitative estimate of drug-likeness (QED) is 0.688. The van der Waals surface area contributed by atoms with Gasteiger partial charge in [0.2, 0.25) is 10.0 Å². The van der Waals surface area contributed by atoms with Gasteiger partial charge in [0.15, 0.2) is 0 Å². The van der Waals surface area contributed by atoms with Gasteiger partial charge in [-0.15, -0.1) is 11.6 Å². The predicted molar refractivity (Wildman–Crippen MR) is 83.6 cm³/mol. The van der Waals surface area contributed by atoms with Crippen LogP contribution in [0.15, 0.2) is 17.2 Å². The molecule has 0 aliphatic carbocycles. The molecule has 0 saturated heterocycles. The van der Waals surface area contributed by atoms with Crippen LogP contribution < -0.4 is 0 Å². The standard InChI is InChI=1S/C14H25ClN2O2S/c1-5-7-16-11-14(9-13(16)10-15)20(18,19)17(8-6-2)12(3)4/h9,11-12H,5-8,10H2,1-4H3.